The molecule has 0 aliphatic rings. The lowest BCUT2D eigenvalue weighted by Crippen LogP contribution is -1.88. The Labute approximate surface area is 184 Å². The van der Waals surface area contributed by atoms with Crippen molar-refractivity contribution in [3.05, 3.63) is 77.0 Å². The summed E-state index contributed by atoms with van der Waals surface area (Å²) >= 11 is 8.95. The Bertz CT molecular complexity index is 1320. The highest BCUT2D eigenvalue weighted by atomic mass is 35.5. The molecule has 5 nitrogen and oxygen atoms in total. The summed E-state index contributed by atoms with van der Waals surface area (Å²) in [6, 6.07) is 13.6. The van der Waals surface area contributed by atoms with Gasteiger partial charge in [-0.3, -0.25) is 0 Å². The summed E-state index contributed by atoms with van der Waals surface area (Å²) in [4.78, 5) is 9.70. The summed E-state index contributed by atoms with van der Waals surface area (Å²) in [5.41, 5.74) is 2.71. The van der Waals surface area contributed by atoms with Crippen LogP contribution in [0.5, 0.6) is 0 Å². The third-order valence-corrected chi connectivity index (χ3v) is 6.49. The molecule has 9 heteroatoms. The molecule has 0 radical (unpaired) electrons. The summed E-state index contributed by atoms with van der Waals surface area (Å²) < 4.78 is 19.1. The van der Waals surface area contributed by atoms with Gasteiger partial charge in [-0.1, -0.05) is 35.5 Å². The summed E-state index contributed by atoms with van der Waals surface area (Å²) in [6.45, 7) is 0. The molecule has 5 rings (SSSR count). The van der Waals surface area contributed by atoms with Crippen molar-refractivity contribution in [2.45, 2.75) is 10.8 Å². The lowest BCUT2D eigenvalue weighted by atomic mass is 10.1. The summed E-state index contributed by atoms with van der Waals surface area (Å²) in [5, 5.41) is 12.7. The predicted octanol–water partition coefficient (Wildman–Crippen LogP) is 6.49. The van der Waals surface area contributed by atoms with Crippen molar-refractivity contribution < 1.29 is 8.81 Å². The normalized spacial score (nSPS) is 11.3. The van der Waals surface area contributed by atoms with Crippen molar-refractivity contribution >= 4 is 44.9 Å². The molecule has 3 heterocycles. The van der Waals surface area contributed by atoms with Gasteiger partial charge in [-0.2, -0.15) is 0 Å². The van der Waals surface area contributed by atoms with E-state index in [1.165, 1.54) is 35.2 Å². The summed E-state index contributed by atoms with van der Waals surface area (Å²) in [7, 11) is 0. The monoisotopic (exact) mass is 454 g/mol. The number of hydrogen-bond donors (Lipinski definition) is 0. The molecule has 0 bridgehead atoms. The second-order valence-corrected chi connectivity index (χ2v) is 8.57. The highest BCUT2D eigenvalue weighted by molar-refractivity contribution is 7.98. The van der Waals surface area contributed by atoms with Crippen LogP contribution in [0.2, 0.25) is 5.02 Å². The number of rotatable bonds is 5. The molecule has 0 N–H and O–H groups in total. The average Bonchev–Trinajstić information content (AvgIpc) is 3.41. The van der Waals surface area contributed by atoms with Crippen LogP contribution in [0.15, 0.2) is 69.7 Å². The number of thioether (sulfide) groups is 1. The van der Waals surface area contributed by atoms with Crippen LogP contribution in [-0.4, -0.2) is 20.2 Å². The summed E-state index contributed by atoms with van der Waals surface area (Å²) in [5.74, 6) is 1.13. The molecule has 148 valence electrons. The van der Waals surface area contributed by atoms with E-state index in [1.54, 1.807) is 30.6 Å². The largest absolute Gasteiger partial charge is 0.420 e. The number of aromatic nitrogens is 4. The molecule has 0 saturated carbocycles. The number of thiophene rings is 1. The highest BCUT2D eigenvalue weighted by Crippen LogP contribution is 2.38. The Morgan fingerprint density at radius 3 is 2.53 bits per heavy atom. The van der Waals surface area contributed by atoms with E-state index in [-0.39, 0.29) is 5.82 Å². The SMILES string of the molecule is Fc1ccc(-c2csc3ncnc(SCc4nnc(-c5ccc(Cl)cc5)o4)c23)cc1. The first kappa shape index (κ1) is 19.2. The molecular formula is C21H12ClFN4OS2. The number of nitrogens with zero attached hydrogens (tertiary/aromatic N) is 4. The van der Waals surface area contributed by atoms with E-state index >= 15 is 0 Å². The van der Waals surface area contributed by atoms with Gasteiger partial charge in [0.05, 0.1) is 11.1 Å². The molecule has 0 atom stereocenters. The second-order valence-electron chi connectivity index (χ2n) is 6.31. The lowest BCUT2D eigenvalue weighted by molar-refractivity contribution is 0.528. The van der Waals surface area contributed by atoms with E-state index in [9.17, 15) is 4.39 Å². The molecule has 30 heavy (non-hydrogen) atoms. The molecule has 0 spiro atoms. The van der Waals surface area contributed by atoms with Crippen LogP contribution in [0.3, 0.4) is 0 Å². The maximum atomic E-state index is 13.3. The Balaban J connectivity index is 1.41. The fourth-order valence-corrected chi connectivity index (χ4v) is 4.91. The van der Waals surface area contributed by atoms with E-state index in [4.69, 9.17) is 16.0 Å². The molecule has 0 amide bonds. The smallest absolute Gasteiger partial charge is 0.247 e. The first-order valence-corrected chi connectivity index (χ1v) is 11.1. The molecule has 0 aliphatic heterocycles. The Kier molecular flexibility index (Phi) is 5.20. The summed E-state index contributed by atoms with van der Waals surface area (Å²) in [6.07, 6.45) is 1.54. The first-order chi connectivity index (χ1) is 14.7. The van der Waals surface area contributed by atoms with Gasteiger partial charge in [0.25, 0.3) is 0 Å². The van der Waals surface area contributed by atoms with Gasteiger partial charge in [0.2, 0.25) is 11.8 Å². The van der Waals surface area contributed by atoms with Crippen molar-refractivity contribution in [3.8, 4) is 22.6 Å². The third kappa shape index (κ3) is 3.81. The van der Waals surface area contributed by atoms with Gasteiger partial charge in [0.1, 0.15) is 22.0 Å². The Morgan fingerprint density at radius 1 is 0.967 bits per heavy atom. The van der Waals surface area contributed by atoms with Crippen molar-refractivity contribution in [1.82, 2.24) is 20.2 Å². The highest BCUT2D eigenvalue weighted by Gasteiger charge is 2.15. The molecule has 3 aromatic heterocycles. The molecule has 2 aromatic carbocycles. The van der Waals surface area contributed by atoms with Gasteiger partial charge in [0, 0.05) is 21.5 Å². The molecule has 0 saturated heterocycles. The number of hydrogen-bond acceptors (Lipinski definition) is 7. The van der Waals surface area contributed by atoms with E-state index in [0.29, 0.717) is 22.6 Å². The van der Waals surface area contributed by atoms with Crippen LogP contribution < -0.4 is 0 Å². The van der Waals surface area contributed by atoms with Crippen molar-refractivity contribution in [2.75, 3.05) is 0 Å². The van der Waals surface area contributed by atoms with E-state index in [2.05, 4.69) is 20.2 Å². The lowest BCUT2D eigenvalue weighted by Gasteiger charge is -2.04. The van der Waals surface area contributed by atoms with Crippen LogP contribution in [0.1, 0.15) is 5.89 Å². The van der Waals surface area contributed by atoms with Crippen LogP contribution in [-0.2, 0) is 5.75 Å². The number of halogens is 2. The van der Waals surface area contributed by atoms with Gasteiger partial charge < -0.3 is 4.42 Å². The van der Waals surface area contributed by atoms with Gasteiger partial charge in [-0.15, -0.1) is 21.5 Å². The zero-order chi connectivity index (χ0) is 20.5. The van der Waals surface area contributed by atoms with E-state index in [1.807, 2.05) is 17.5 Å². The van der Waals surface area contributed by atoms with Crippen LogP contribution in [0, 0.1) is 5.82 Å². The number of fused-ring (bicyclic) bond motifs is 1. The molecule has 5 aromatic rings. The van der Waals surface area contributed by atoms with Crippen molar-refractivity contribution in [2.24, 2.45) is 0 Å². The topological polar surface area (TPSA) is 64.7 Å². The van der Waals surface area contributed by atoms with E-state index < -0.39 is 0 Å². The first-order valence-electron chi connectivity index (χ1n) is 8.86. The quantitative estimate of drug-likeness (QED) is 0.223. The number of benzene rings is 2. The average molecular weight is 455 g/mol. The zero-order valence-corrected chi connectivity index (χ0v) is 17.6. The van der Waals surface area contributed by atoms with Crippen molar-refractivity contribution in [1.29, 1.82) is 0 Å². The Morgan fingerprint density at radius 2 is 1.73 bits per heavy atom. The van der Waals surface area contributed by atoms with Crippen LogP contribution >= 0.6 is 34.7 Å². The standard InChI is InChI=1S/C21H12ClFN4OS2/c22-14-5-1-13(2-6-14)19-27-26-17(28-19)10-30-21-18-16(9-29-20(18)24-11-25-21)12-3-7-15(23)8-4-12/h1-9,11H,10H2. The minimum Gasteiger partial charge on any atom is -0.420 e. The fourth-order valence-electron chi connectivity index (χ4n) is 2.95. The van der Waals surface area contributed by atoms with E-state index in [0.717, 1.165) is 31.9 Å². The van der Waals surface area contributed by atoms with Gasteiger partial charge in [-0.25, -0.2) is 14.4 Å². The van der Waals surface area contributed by atoms with Gasteiger partial charge in [0.15, 0.2) is 0 Å². The van der Waals surface area contributed by atoms with Crippen molar-refractivity contribution in [3.63, 3.8) is 0 Å². The maximum Gasteiger partial charge on any atom is 0.247 e. The molecule has 0 unspecified atom stereocenters. The minimum atomic E-state index is -0.267. The van der Waals surface area contributed by atoms with Gasteiger partial charge >= 0.3 is 0 Å². The maximum absolute atomic E-state index is 13.3. The van der Waals surface area contributed by atoms with Crippen LogP contribution in [0.4, 0.5) is 4.39 Å². The molecule has 0 fully saturated rings. The second kappa shape index (κ2) is 8.14. The van der Waals surface area contributed by atoms with Crippen LogP contribution in [0.25, 0.3) is 32.8 Å². The molecular weight excluding hydrogens is 443 g/mol. The zero-order valence-electron chi connectivity index (χ0n) is 15.3. The van der Waals surface area contributed by atoms with Gasteiger partial charge in [-0.05, 0) is 42.0 Å². The Hall–Kier alpha value is -2.81. The molecule has 0 aliphatic carbocycles. The minimum absolute atomic E-state index is 0.267. The third-order valence-electron chi connectivity index (χ3n) is 4.38. The predicted molar refractivity (Wildman–Crippen MR) is 117 cm³/mol. The fraction of sp³-hybridized carbons (Fsp3) is 0.0476.